The Bertz CT molecular complexity index is 357. The standard InChI is InChI=1S/C13H19NO3/c1-13(2,3)17-14(4)12(15)16-10-11-8-6-5-7-9-11/h5-9H,10H2,1-4H3. The molecule has 0 bridgehead atoms. The summed E-state index contributed by atoms with van der Waals surface area (Å²) in [5.41, 5.74) is 0.533. The minimum Gasteiger partial charge on any atom is -0.443 e. The summed E-state index contributed by atoms with van der Waals surface area (Å²) in [6, 6.07) is 9.52. The number of hydrogen-bond donors (Lipinski definition) is 0. The van der Waals surface area contributed by atoms with Gasteiger partial charge in [0.15, 0.2) is 0 Å². The number of carbonyl (C=O) groups excluding carboxylic acids is 1. The molecule has 0 aromatic heterocycles. The zero-order valence-corrected chi connectivity index (χ0v) is 10.8. The van der Waals surface area contributed by atoms with Gasteiger partial charge in [0.05, 0.1) is 5.60 Å². The summed E-state index contributed by atoms with van der Waals surface area (Å²) in [5.74, 6) is 0. The number of nitrogens with zero attached hydrogens (tertiary/aromatic N) is 1. The molecule has 4 heteroatoms. The van der Waals surface area contributed by atoms with Crippen LogP contribution in [0.3, 0.4) is 0 Å². The van der Waals surface area contributed by atoms with Crippen LogP contribution in [-0.4, -0.2) is 23.8 Å². The van der Waals surface area contributed by atoms with Crippen LogP contribution in [0, 0.1) is 0 Å². The second-order valence-corrected chi connectivity index (χ2v) is 4.74. The third kappa shape index (κ3) is 5.36. The normalized spacial score (nSPS) is 11.1. The third-order valence-corrected chi connectivity index (χ3v) is 1.87. The molecule has 0 aliphatic carbocycles. The molecule has 1 aromatic carbocycles. The lowest BCUT2D eigenvalue weighted by molar-refractivity contribution is -0.192. The lowest BCUT2D eigenvalue weighted by atomic mass is 10.2. The molecule has 0 radical (unpaired) electrons. The first-order chi connectivity index (χ1) is 7.88. The Morgan fingerprint density at radius 2 is 1.82 bits per heavy atom. The smallest absolute Gasteiger partial charge is 0.434 e. The van der Waals surface area contributed by atoms with Crippen LogP contribution < -0.4 is 0 Å². The van der Waals surface area contributed by atoms with Crippen molar-refractivity contribution in [2.45, 2.75) is 33.0 Å². The summed E-state index contributed by atoms with van der Waals surface area (Å²) in [7, 11) is 1.54. The minimum absolute atomic E-state index is 0.248. The van der Waals surface area contributed by atoms with Gasteiger partial charge in [-0.05, 0) is 26.3 Å². The highest BCUT2D eigenvalue weighted by molar-refractivity contribution is 5.65. The summed E-state index contributed by atoms with van der Waals surface area (Å²) in [4.78, 5) is 16.9. The lowest BCUT2D eigenvalue weighted by Gasteiger charge is -2.25. The maximum absolute atomic E-state index is 11.6. The molecule has 0 atom stereocenters. The molecule has 0 aliphatic heterocycles. The van der Waals surface area contributed by atoms with Crippen molar-refractivity contribution >= 4 is 6.09 Å². The summed E-state index contributed by atoms with van der Waals surface area (Å²) in [6.07, 6.45) is -0.497. The van der Waals surface area contributed by atoms with E-state index in [2.05, 4.69) is 0 Å². The second kappa shape index (κ2) is 5.68. The van der Waals surface area contributed by atoms with Crippen molar-refractivity contribution in [3.63, 3.8) is 0 Å². The van der Waals surface area contributed by atoms with Gasteiger partial charge in [0.25, 0.3) is 0 Å². The molecule has 0 saturated carbocycles. The van der Waals surface area contributed by atoms with Gasteiger partial charge in [-0.25, -0.2) is 4.79 Å². The number of carbonyl (C=O) groups is 1. The van der Waals surface area contributed by atoms with E-state index < -0.39 is 11.7 Å². The molecule has 0 aliphatic rings. The Morgan fingerprint density at radius 3 is 2.35 bits per heavy atom. The molecular formula is C13H19NO3. The van der Waals surface area contributed by atoms with Crippen molar-refractivity contribution in [1.82, 2.24) is 5.06 Å². The van der Waals surface area contributed by atoms with Crippen LogP contribution in [-0.2, 0) is 16.2 Å². The first-order valence-corrected chi connectivity index (χ1v) is 5.52. The van der Waals surface area contributed by atoms with Crippen molar-refractivity contribution in [2.75, 3.05) is 7.05 Å². The van der Waals surface area contributed by atoms with Crippen LogP contribution in [0.4, 0.5) is 4.79 Å². The van der Waals surface area contributed by atoms with Gasteiger partial charge in [-0.2, -0.15) is 5.06 Å². The van der Waals surface area contributed by atoms with Gasteiger partial charge in [0, 0.05) is 7.05 Å². The van der Waals surface area contributed by atoms with Gasteiger partial charge in [-0.3, -0.25) is 4.84 Å². The Balaban J connectivity index is 2.40. The zero-order chi connectivity index (χ0) is 12.9. The quantitative estimate of drug-likeness (QED) is 0.758. The monoisotopic (exact) mass is 237 g/mol. The number of amides is 1. The van der Waals surface area contributed by atoms with Crippen molar-refractivity contribution < 1.29 is 14.4 Å². The number of hydrogen-bond acceptors (Lipinski definition) is 3. The molecule has 4 nitrogen and oxygen atoms in total. The third-order valence-electron chi connectivity index (χ3n) is 1.87. The van der Waals surface area contributed by atoms with E-state index in [-0.39, 0.29) is 6.61 Å². The molecular weight excluding hydrogens is 218 g/mol. The van der Waals surface area contributed by atoms with Gasteiger partial charge in [0.1, 0.15) is 6.61 Å². The van der Waals surface area contributed by atoms with Crippen LogP contribution in [0.1, 0.15) is 26.3 Å². The van der Waals surface area contributed by atoms with E-state index in [4.69, 9.17) is 9.57 Å². The Kier molecular flexibility index (Phi) is 4.52. The Morgan fingerprint density at radius 1 is 1.24 bits per heavy atom. The molecule has 1 rings (SSSR count). The molecule has 0 fully saturated rings. The SMILES string of the molecule is CN(OC(C)(C)C)C(=O)OCc1ccccc1. The molecule has 17 heavy (non-hydrogen) atoms. The van der Waals surface area contributed by atoms with E-state index in [9.17, 15) is 4.79 Å². The number of rotatable bonds is 3. The van der Waals surface area contributed by atoms with E-state index in [0.29, 0.717) is 0 Å². The van der Waals surface area contributed by atoms with E-state index in [1.807, 2.05) is 51.1 Å². The van der Waals surface area contributed by atoms with E-state index in [0.717, 1.165) is 10.6 Å². The average molecular weight is 237 g/mol. The molecule has 0 saturated heterocycles. The molecule has 0 unspecified atom stereocenters. The average Bonchev–Trinajstić information content (AvgIpc) is 2.25. The summed E-state index contributed by atoms with van der Waals surface area (Å²) in [5, 5.41) is 1.11. The highest BCUT2D eigenvalue weighted by atomic mass is 16.7. The van der Waals surface area contributed by atoms with Crippen LogP contribution in [0.15, 0.2) is 30.3 Å². The van der Waals surface area contributed by atoms with Crippen molar-refractivity contribution in [3.05, 3.63) is 35.9 Å². The maximum atomic E-state index is 11.6. The highest BCUT2D eigenvalue weighted by Crippen LogP contribution is 2.10. The lowest BCUT2D eigenvalue weighted by Crippen LogP contribution is -2.35. The maximum Gasteiger partial charge on any atom is 0.434 e. The largest absolute Gasteiger partial charge is 0.443 e. The number of ether oxygens (including phenoxy) is 1. The summed E-state index contributed by atoms with van der Waals surface area (Å²) < 4.78 is 5.10. The van der Waals surface area contributed by atoms with E-state index in [1.54, 1.807) is 7.05 Å². The number of benzene rings is 1. The fraction of sp³-hybridized carbons (Fsp3) is 0.462. The fourth-order valence-corrected chi connectivity index (χ4v) is 1.26. The fourth-order valence-electron chi connectivity index (χ4n) is 1.26. The molecule has 0 heterocycles. The summed E-state index contributed by atoms with van der Waals surface area (Å²) >= 11 is 0. The first kappa shape index (κ1) is 13.5. The van der Waals surface area contributed by atoms with Crippen LogP contribution >= 0.6 is 0 Å². The highest BCUT2D eigenvalue weighted by Gasteiger charge is 2.19. The van der Waals surface area contributed by atoms with Crippen molar-refractivity contribution in [2.24, 2.45) is 0 Å². The van der Waals surface area contributed by atoms with Gasteiger partial charge >= 0.3 is 6.09 Å². The van der Waals surface area contributed by atoms with Gasteiger partial charge in [-0.1, -0.05) is 30.3 Å². The van der Waals surface area contributed by atoms with Crippen LogP contribution in [0.5, 0.6) is 0 Å². The first-order valence-electron chi connectivity index (χ1n) is 5.52. The molecule has 0 spiro atoms. The van der Waals surface area contributed by atoms with Gasteiger partial charge < -0.3 is 4.74 Å². The van der Waals surface area contributed by atoms with Crippen LogP contribution in [0.25, 0.3) is 0 Å². The molecule has 1 aromatic rings. The van der Waals surface area contributed by atoms with Gasteiger partial charge in [0.2, 0.25) is 0 Å². The number of hydroxylamine groups is 2. The molecule has 94 valence electrons. The van der Waals surface area contributed by atoms with E-state index >= 15 is 0 Å². The van der Waals surface area contributed by atoms with Crippen molar-refractivity contribution in [1.29, 1.82) is 0 Å². The Labute approximate surface area is 102 Å². The zero-order valence-electron chi connectivity index (χ0n) is 10.8. The second-order valence-electron chi connectivity index (χ2n) is 4.74. The topological polar surface area (TPSA) is 38.8 Å². The summed E-state index contributed by atoms with van der Waals surface area (Å²) in [6.45, 7) is 5.85. The Hall–Kier alpha value is -1.55. The van der Waals surface area contributed by atoms with Crippen LogP contribution in [0.2, 0.25) is 0 Å². The van der Waals surface area contributed by atoms with E-state index in [1.165, 1.54) is 0 Å². The molecule has 0 N–H and O–H groups in total. The molecule has 1 amide bonds. The predicted octanol–water partition coefficient (Wildman–Crippen LogP) is 2.99. The predicted molar refractivity (Wildman–Crippen MR) is 65.2 cm³/mol. The van der Waals surface area contributed by atoms with Crippen molar-refractivity contribution in [3.8, 4) is 0 Å². The van der Waals surface area contributed by atoms with Gasteiger partial charge in [-0.15, -0.1) is 0 Å². The minimum atomic E-state index is -0.497.